The number of guanidine groups is 1. The molecule has 2 aromatic rings. The molecule has 0 aromatic heterocycles. The zero-order valence-electron chi connectivity index (χ0n) is 24.0. The maximum Gasteiger partial charge on any atom is 0.252 e. The molecule has 0 bridgehead atoms. The Morgan fingerprint density at radius 2 is 1.87 bits per heavy atom. The highest BCUT2D eigenvalue weighted by Gasteiger charge is 2.40. The fourth-order valence-electron chi connectivity index (χ4n) is 5.69. The number of nitrogens with one attached hydrogen (secondary N) is 3. The average Bonchev–Trinajstić information content (AvgIpc) is 2.85. The SMILES string of the molecule is CCC1(CC)CC(=O)N(Cc2cccc(C(=O)N[C@H]3CC(C)(C)Oc4ccccc43)c2CC(C)(C)O)C(=N)N1. The molecule has 39 heavy (non-hydrogen) atoms. The number of amides is 2. The number of rotatable bonds is 8. The third-order valence-electron chi connectivity index (χ3n) is 7.93. The lowest BCUT2D eigenvalue weighted by atomic mass is 9.86. The molecule has 2 aliphatic rings. The summed E-state index contributed by atoms with van der Waals surface area (Å²) in [6.45, 7) is 11.6. The van der Waals surface area contributed by atoms with Crippen LogP contribution < -0.4 is 15.4 Å². The fraction of sp³-hybridized carbons (Fsp3) is 0.516. The molecule has 0 aliphatic carbocycles. The minimum Gasteiger partial charge on any atom is -0.487 e. The Bertz CT molecular complexity index is 1240. The monoisotopic (exact) mass is 534 g/mol. The normalized spacial score (nSPS) is 20.1. The molecule has 2 amide bonds. The van der Waals surface area contributed by atoms with Crippen LogP contribution in [-0.2, 0) is 17.8 Å². The van der Waals surface area contributed by atoms with Crippen molar-refractivity contribution in [2.24, 2.45) is 0 Å². The lowest BCUT2D eigenvalue weighted by molar-refractivity contribution is -0.131. The largest absolute Gasteiger partial charge is 0.487 e. The predicted octanol–water partition coefficient (Wildman–Crippen LogP) is 4.85. The van der Waals surface area contributed by atoms with Crippen molar-refractivity contribution in [2.75, 3.05) is 0 Å². The van der Waals surface area contributed by atoms with Gasteiger partial charge in [0.1, 0.15) is 11.4 Å². The third-order valence-corrected chi connectivity index (χ3v) is 7.93. The van der Waals surface area contributed by atoms with Crippen molar-refractivity contribution in [3.05, 3.63) is 64.7 Å². The van der Waals surface area contributed by atoms with E-state index in [-0.39, 0.29) is 36.8 Å². The van der Waals surface area contributed by atoms with Crippen LogP contribution in [0, 0.1) is 5.41 Å². The van der Waals surface area contributed by atoms with Crippen molar-refractivity contribution >= 4 is 17.8 Å². The first-order chi connectivity index (χ1) is 18.3. The van der Waals surface area contributed by atoms with Crippen LogP contribution in [0.1, 0.15) is 100 Å². The van der Waals surface area contributed by atoms with Gasteiger partial charge in [0.2, 0.25) is 5.91 Å². The maximum absolute atomic E-state index is 13.8. The highest BCUT2D eigenvalue weighted by atomic mass is 16.5. The molecule has 0 radical (unpaired) electrons. The van der Waals surface area contributed by atoms with E-state index in [1.165, 1.54) is 4.90 Å². The van der Waals surface area contributed by atoms with E-state index < -0.39 is 16.7 Å². The number of ether oxygens (including phenoxy) is 1. The summed E-state index contributed by atoms with van der Waals surface area (Å²) in [5.41, 5.74) is 0.851. The van der Waals surface area contributed by atoms with E-state index in [0.29, 0.717) is 24.0 Å². The Balaban J connectivity index is 1.65. The number of benzene rings is 2. The van der Waals surface area contributed by atoms with Crippen LogP contribution in [0.3, 0.4) is 0 Å². The summed E-state index contributed by atoms with van der Waals surface area (Å²) in [5, 5.41) is 25.9. The summed E-state index contributed by atoms with van der Waals surface area (Å²) in [4.78, 5) is 28.4. The first-order valence-electron chi connectivity index (χ1n) is 13.9. The Kier molecular flexibility index (Phi) is 7.81. The number of fused-ring (bicyclic) bond motifs is 1. The molecule has 8 nitrogen and oxygen atoms in total. The minimum atomic E-state index is -1.09. The van der Waals surface area contributed by atoms with Crippen molar-refractivity contribution in [1.82, 2.24) is 15.5 Å². The number of para-hydroxylation sites is 1. The van der Waals surface area contributed by atoms with Crippen molar-refractivity contribution in [1.29, 1.82) is 5.41 Å². The van der Waals surface area contributed by atoms with Crippen LogP contribution in [0.4, 0.5) is 0 Å². The first kappa shape index (κ1) is 28.6. The van der Waals surface area contributed by atoms with Gasteiger partial charge in [0.25, 0.3) is 5.91 Å². The van der Waals surface area contributed by atoms with Gasteiger partial charge in [-0.15, -0.1) is 0 Å². The topological polar surface area (TPSA) is 115 Å². The molecule has 2 aromatic carbocycles. The third kappa shape index (κ3) is 6.27. The molecule has 0 spiro atoms. The molecule has 1 atom stereocenters. The van der Waals surface area contributed by atoms with Gasteiger partial charge in [-0.3, -0.25) is 19.9 Å². The van der Waals surface area contributed by atoms with Gasteiger partial charge in [-0.1, -0.05) is 44.2 Å². The number of aliphatic hydroxyl groups is 1. The number of nitrogens with zero attached hydrogens (tertiary/aromatic N) is 1. The molecular formula is C31H42N4O4. The molecule has 4 rings (SSSR count). The molecular weight excluding hydrogens is 492 g/mol. The second kappa shape index (κ2) is 10.6. The van der Waals surface area contributed by atoms with Crippen LogP contribution >= 0.6 is 0 Å². The van der Waals surface area contributed by atoms with Crippen LogP contribution in [0.2, 0.25) is 0 Å². The van der Waals surface area contributed by atoms with Crippen LogP contribution in [0.5, 0.6) is 5.75 Å². The molecule has 2 heterocycles. The van der Waals surface area contributed by atoms with E-state index in [1.807, 2.05) is 58.0 Å². The van der Waals surface area contributed by atoms with Crippen molar-refractivity contribution in [3.63, 3.8) is 0 Å². The minimum absolute atomic E-state index is 0.0695. The molecule has 1 fully saturated rings. The van der Waals surface area contributed by atoms with E-state index in [9.17, 15) is 14.7 Å². The summed E-state index contributed by atoms with van der Waals surface area (Å²) in [6, 6.07) is 12.9. The number of hydrogen-bond acceptors (Lipinski definition) is 5. The van der Waals surface area contributed by atoms with Gasteiger partial charge in [-0.25, -0.2) is 0 Å². The quantitative estimate of drug-likeness (QED) is 0.387. The Morgan fingerprint density at radius 3 is 2.51 bits per heavy atom. The fourth-order valence-corrected chi connectivity index (χ4v) is 5.69. The lowest BCUT2D eigenvalue weighted by Crippen LogP contribution is -2.61. The van der Waals surface area contributed by atoms with E-state index in [2.05, 4.69) is 10.6 Å². The van der Waals surface area contributed by atoms with Crippen molar-refractivity contribution in [2.45, 2.75) is 103 Å². The first-order valence-corrected chi connectivity index (χ1v) is 13.9. The van der Waals surface area contributed by atoms with E-state index in [4.69, 9.17) is 10.1 Å². The van der Waals surface area contributed by atoms with Gasteiger partial charge in [-0.05, 0) is 63.8 Å². The predicted molar refractivity (Wildman–Crippen MR) is 152 cm³/mol. The number of hydrogen-bond donors (Lipinski definition) is 4. The average molecular weight is 535 g/mol. The van der Waals surface area contributed by atoms with Gasteiger partial charge in [-0.2, -0.15) is 0 Å². The van der Waals surface area contributed by atoms with Crippen molar-refractivity contribution in [3.8, 4) is 5.75 Å². The molecule has 210 valence electrons. The summed E-state index contributed by atoms with van der Waals surface area (Å²) in [5.74, 6) is 0.463. The van der Waals surface area contributed by atoms with Crippen LogP contribution in [0.25, 0.3) is 0 Å². The second-order valence-corrected chi connectivity index (χ2v) is 12.2. The molecule has 0 unspecified atom stereocenters. The number of carbonyl (C=O) groups is 2. The van der Waals surface area contributed by atoms with E-state index in [0.717, 1.165) is 29.7 Å². The van der Waals surface area contributed by atoms with Gasteiger partial charge in [0.05, 0.1) is 24.6 Å². The Labute approximate surface area is 231 Å². The molecule has 1 saturated heterocycles. The molecule has 8 heteroatoms. The second-order valence-electron chi connectivity index (χ2n) is 12.2. The summed E-state index contributed by atoms with van der Waals surface area (Å²) in [6.07, 6.45) is 2.63. The Hall–Kier alpha value is -3.39. The maximum atomic E-state index is 13.8. The van der Waals surface area contributed by atoms with Gasteiger partial charge < -0.3 is 20.5 Å². The molecule has 0 saturated carbocycles. The highest BCUT2D eigenvalue weighted by molar-refractivity contribution is 5.99. The number of carbonyl (C=O) groups excluding carboxylic acids is 2. The standard InChI is InChI=1S/C31H42N4O4/c1-7-31(8-2)18-26(36)35(28(32)34-31)19-20-12-11-14-21(23(20)16-29(3,4)38)27(37)33-24-17-30(5,6)39-25-15-10-9-13-22(24)25/h9-15,24,38H,7-8,16-19H2,1-6H3,(H2,32,34)(H,33,37)/t24-/m0/s1. The molecule has 4 N–H and O–H groups in total. The zero-order chi connectivity index (χ0) is 28.6. The van der Waals surface area contributed by atoms with E-state index >= 15 is 0 Å². The molecule has 2 aliphatic heterocycles. The van der Waals surface area contributed by atoms with Crippen LogP contribution in [-0.4, -0.2) is 44.5 Å². The zero-order valence-corrected chi connectivity index (χ0v) is 24.0. The van der Waals surface area contributed by atoms with Crippen molar-refractivity contribution < 1.29 is 19.4 Å². The van der Waals surface area contributed by atoms with Gasteiger partial charge in [0.15, 0.2) is 5.96 Å². The summed E-state index contributed by atoms with van der Waals surface area (Å²) in [7, 11) is 0. The lowest BCUT2D eigenvalue weighted by Gasteiger charge is -2.42. The summed E-state index contributed by atoms with van der Waals surface area (Å²) >= 11 is 0. The van der Waals surface area contributed by atoms with Crippen LogP contribution in [0.15, 0.2) is 42.5 Å². The smallest absolute Gasteiger partial charge is 0.252 e. The Morgan fingerprint density at radius 1 is 1.18 bits per heavy atom. The van der Waals surface area contributed by atoms with Gasteiger partial charge in [0, 0.05) is 29.5 Å². The van der Waals surface area contributed by atoms with E-state index in [1.54, 1.807) is 26.0 Å². The summed E-state index contributed by atoms with van der Waals surface area (Å²) < 4.78 is 6.13. The van der Waals surface area contributed by atoms with Gasteiger partial charge >= 0.3 is 0 Å². The highest BCUT2D eigenvalue weighted by Crippen LogP contribution is 2.39.